The molecule has 0 atom stereocenters. The third-order valence-electron chi connectivity index (χ3n) is 4.74. The molecule has 0 saturated carbocycles. The van der Waals surface area contributed by atoms with Gasteiger partial charge in [0, 0.05) is 12.7 Å². The van der Waals surface area contributed by atoms with Crippen LogP contribution in [0.15, 0.2) is 72.9 Å². The summed E-state index contributed by atoms with van der Waals surface area (Å²) in [6.45, 7) is 1.37. The molecule has 4 rings (SSSR count). The highest BCUT2D eigenvalue weighted by molar-refractivity contribution is 5.79. The average molecular weight is 374 g/mol. The Labute approximate surface area is 164 Å². The number of carbonyl (C=O) groups excluding carboxylic acids is 1. The minimum atomic E-state index is 0.0699. The first-order valence-electron chi connectivity index (χ1n) is 9.38. The summed E-state index contributed by atoms with van der Waals surface area (Å²) in [5.41, 5.74) is 3.01. The number of aromatic nitrogens is 1. The van der Waals surface area contributed by atoms with Gasteiger partial charge in [-0.2, -0.15) is 0 Å². The highest BCUT2D eigenvalue weighted by Crippen LogP contribution is 2.32. The van der Waals surface area contributed by atoms with Crippen molar-refractivity contribution < 1.29 is 14.3 Å². The molecule has 0 bridgehead atoms. The number of hydrogen-bond donors (Lipinski definition) is 0. The zero-order valence-electron chi connectivity index (χ0n) is 15.6. The Morgan fingerprint density at radius 2 is 1.75 bits per heavy atom. The van der Waals surface area contributed by atoms with E-state index in [1.807, 2.05) is 59.5 Å². The van der Waals surface area contributed by atoms with Crippen molar-refractivity contribution in [3.63, 3.8) is 0 Å². The largest absolute Gasteiger partial charge is 0.454 e. The van der Waals surface area contributed by atoms with Gasteiger partial charge in [-0.3, -0.25) is 9.78 Å². The van der Waals surface area contributed by atoms with Crippen LogP contribution in [0.4, 0.5) is 0 Å². The van der Waals surface area contributed by atoms with Crippen LogP contribution in [0.2, 0.25) is 0 Å². The maximum absolute atomic E-state index is 13.1. The van der Waals surface area contributed by atoms with Crippen LogP contribution < -0.4 is 9.47 Å². The highest BCUT2D eigenvalue weighted by Gasteiger charge is 2.18. The van der Waals surface area contributed by atoms with Crippen LogP contribution in [0.25, 0.3) is 0 Å². The van der Waals surface area contributed by atoms with Crippen molar-refractivity contribution >= 4 is 5.91 Å². The zero-order valence-corrected chi connectivity index (χ0v) is 15.6. The van der Waals surface area contributed by atoms with E-state index in [4.69, 9.17) is 9.47 Å². The lowest BCUT2D eigenvalue weighted by Gasteiger charge is -2.23. The van der Waals surface area contributed by atoms with E-state index in [1.165, 1.54) is 5.56 Å². The van der Waals surface area contributed by atoms with E-state index in [0.29, 0.717) is 25.3 Å². The van der Waals surface area contributed by atoms with Crippen molar-refractivity contribution in [3.8, 4) is 11.5 Å². The smallest absolute Gasteiger partial charge is 0.231 e. The first-order chi connectivity index (χ1) is 13.8. The van der Waals surface area contributed by atoms with Gasteiger partial charge in [-0.25, -0.2) is 0 Å². The molecular weight excluding hydrogens is 352 g/mol. The van der Waals surface area contributed by atoms with E-state index in [1.54, 1.807) is 6.20 Å². The lowest BCUT2D eigenvalue weighted by atomic mass is 10.1. The minimum Gasteiger partial charge on any atom is -0.454 e. The fourth-order valence-electron chi connectivity index (χ4n) is 3.23. The third kappa shape index (κ3) is 4.49. The fourth-order valence-corrected chi connectivity index (χ4v) is 3.23. The molecule has 0 spiro atoms. The van der Waals surface area contributed by atoms with Gasteiger partial charge in [-0.1, -0.05) is 42.5 Å². The van der Waals surface area contributed by atoms with E-state index in [0.717, 1.165) is 23.4 Å². The van der Waals surface area contributed by atoms with Crippen LogP contribution in [0.5, 0.6) is 11.5 Å². The molecule has 0 fully saturated rings. The molecule has 5 nitrogen and oxygen atoms in total. The molecule has 0 unspecified atom stereocenters. The van der Waals surface area contributed by atoms with E-state index >= 15 is 0 Å². The number of nitrogens with zero attached hydrogens (tertiary/aromatic N) is 2. The van der Waals surface area contributed by atoms with Crippen molar-refractivity contribution in [2.24, 2.45) is 0 Å². The second-order valence-corrected chi connectivity index (χ2v) is 6.74. The van der Waals surface area contributed by atoms with E-state index < -0.39 is 0 Å². The van der Waals surface area contributed by atoms with Crippen LogP contribution in [0.3, 0.4) is 0 Å². The van der Waals surface area contributed by atoms with Crippen LogP contribution in [0, 0.1) is 0 Å². The summed E-state index contributed by atoms with van der Waals surface area (Å²) in [5, 5.41) is 0. The average Bonchev–Trinajstić information content (AvgIpc) is 3.20. The molecule has 3 aromatic rings. The summed E-state index contributed by atoms with van der Waals surface area (Å²) in [7, 11) is 0. The molecule has 5 heteroatoms. The number of benzene rings is 2. The summed E-state index contributed by atoms with van der Waals surface area (Å²) in [6, 6.07) is 21.6. The molecule has 0 N–H and O–H groups in total. The Balaban J connectivity index is 1.47. The minimum absolute atomic E-state index is 0.0699. The number of fused-ring (bicyclic) bond motifs is 1. The number of carbonyl (C=O) groups is 1. The molecule has 1 aromatic heterocycles. The van der Waals surface area contributed by atoms with Gasteiger partial charge in [0.25, 0.3) is 0 Å². The molecule has 142 valence electrons. The quantitative estimate of drug-likeness (QED) is 0.634. The normalized spacial score (nSPS) is 12.0. The van der Waals surface area contributed by atoms with Crippen molar-refractivity contribution in [2.45, 2.75) is 19.4 Å². The van der Waals surface area contributed by atoms with Gasteiger partial charge < -0.3 is 14.4 Å². The standard InChI is InChI=1S/C23H22N2O3/c26-23(15-19-9-10-21-22(14-19)28-17-27-21)25(16-20-8-4-5-12-24-20)13-11-18-6-2-1-3-7-18/h1-10,12,14H,11,13,15-17H2. The van der Waals surface area contributed by atoms with Crippen LogP contribution in [-0.2, 0) is 24.2 Å². The van der Waals surface area contributed by atoms with Crippen LogP contribution >= 0.6 is 0 Å². The Bertz CT molecular complexity index is 929. The van der Waals surface area contributed by atoms with Gasteiger partial charge in [0.1, 0.15) is 0 Å². The van der Waals surface area contributed by atoms with Crippen LogP contribution in [0.1, 0.15) is 16.8 Å². The molecule has 1 amide bonds. The maximum atomic E-state index is 13.1. The van der Waals surface area contributed by atoms with Crippen molar-refractivity contribution in [2.75, 3.05) is 13.3 Å². The van der Waals surface area contributed by atoms with E-state index in [-0.39, 0.29) is 12.7 Å². The predicted molar refractivity (Wildman–Crippen MR) is 106 cm³/mol. The lowest BCUT2D eigenvalue weighted by Crippen LogP contribution is -2.34. The van der Waals surface area contributed by atoms with Crippen molar-refractivity contribution in [3.05, 3.63) is 89.7 Å². The maximum Gasteiger partial charge on any atom is 0.231 e. The Kier molecular flexibility index (Phi) is 5.52. The number of rotatable bonds is 7. The second kappa shape index (κ2) is 8.57. The molecule has 1 aliphatic rings. The molecule has 28 heavy (non-hydrogen) atoms. The molecular formula is C23H22N2O3. The predicted octanol–water partition coefficient (Wildman–Crippen LogP) is 3.62. The second-order valence-electron chi connectivity index (χ2n) is 6.74. The fraction of sp³-hybridized carbons (Fsp3) is 0.217. The van der Waals surface area contributed by atoms with Gasteiger partial charge in [-0.05, 0) is 41.8 Å². The number of pyridine rings is 1. The molecule has 2 aromatic carbocycles. The molecule has 1 aliphatic heterocycles. The van der Waals surface area contributed by atoms with Gasteiger partial charge in [-0.15, -0.1) is 0 Å². The van der Waals surface area contributed by atoms with Crippen molar-refractivity contribution in [1.82, 2.24) is 9.88 Å². The molecule has 0 aliphatic carbocycles. The molecule has 0 saturated heterocycles. The summed E-state index contributed by atoms with van der Waals surface area (Å²) >= 11 is 0. The number of ether oxygens (including phenoxy) is 2. The monoisotopic (exact) mass is 374 g/mol. The summed E-state index contributed by atoms with van der Waals surface area (Å²) in [4.78, 5) is 19.3. The Morgan fingerprint density at radius 3 is 2.57 bits per heavy atom. The SMILES string of the molecule is O=C(Cc1ccc2c(c1)OCO2)N(CCc1ccccc1)Cc1ccccn1. The summed E-state index contributed by atoms with van der Waals surface area (Å²) in [5.74, 6) is 1.50. The van der Waals surface area contributed by atoms with Crippen molar-refractivity contribution in [1.29, 1.82) is 0 Å². The first-order valence-corrected chi connectivity index (χ1v) is 9.38. The van der Waals surface area contributed by atoms with Gasteiger partial charge >= 0.3 is 0 Å². The summed E-state index contributed by atoms with van der Waals surface area (Å²) < 4.78 is 10.8. The Hall–Kier alpha value is -3.34. The Morgan fingerprint density at radius 1 is 0.929 bits per heavy atom. The third-order valence-corrected chi connectivity index (χ3v) is 4.74. The number of hydrogen-bond acceptors (Lipinski definition) is 4. The van der Waals surface area contributed by atoms with E-state index in [9.17, 15) is 4.79 Å². The van der Waals surface area contributed by atoms with Gasteiger partial charge in [0.2, 0.25) is 12.7 Å². The lowest BCUT2D eigenvalue weighted by molar-refractivity contribution is -0.131. The summed E-state index contributed by atoms with van der Waals surface area (Å²) in [6.07, 6.45) is 2.88. The molecule has 2 heterocycles. The topological polar surface area (TPSA) is 51.7 Å². The first kappa shape index (κ1) is 18.0. The highest BCUT2D eigenvalue weighted by atomic mass is 16.7. The van der Waals surface area contributed by atoms with E-state index in [2.05, 4.69) is 17.1 Å². The molecule has 0 radical (unpaired) electrons. The van der Waals surface area contributed by atoms with Crippen LogP contribution in [-0.4, -0.2) is 29.1 Å². The van der Waals surface area contributed by atoms with Gasteiger partial charge in [0.05, 0.1) is 18.7 Å². The van der Waals surface area contributed by atoms with Gasteiger partial charge in [0.15, 0.2) is 11.5 Å². The zero-order chi connectivity index (χ0) is 19.2. The number of amides is 1.